The molecule has 0 radical (unpaired) electrons. The second kappa shape index (κ2) is 8.79. The van der Waals surface area contributed by atoms with Crippen molar-refractivity contribution in [2.24, 2.45) is 0 Å². The number of carbonyl (C=O) groups excluding carboxylic acids is 1. The van der Waals surface area contributed by atoms with E-state index in [1.54, 1.807) is 19.1 Å². The minimum absolute atomic E-state index is 0.0982. The minimum Gasteiger partial charge on any atom is -0.465 e. The Balaban J connectivity index is 2.33. The van der Waals surface area contributed by atoms with E-state index in [9.17, 15) is 13.2 Å². The monoisotopic (exact) mass is 439 g/mol. The van der Waals surface area contributed by atoms with E-state index in [0.717, 1.165) is 16.7 Å². The van der Waals surface area contributed by atoms with Crippen molar-refractivity contribution in [2.75, 3.05) is 6.61 Å². The first kappa shape index (κ1) is 20.6. The molecular weight excluding hydrogens is 418 g/mol. The van der Waals surface area contributed by atoms with Crippen molar-refractivity contribution < 1.29 is 17.9 Å². The molecule has 2 rings (SSSR count). The molecule has 2 aromatic carbocycles. The van der Waals surface area contributed by atoms with Gasteiger partial charge in [0.2, 0.25) is 10.0 Å². The molecule has 0 heterocycles. The molecule has 1 N–H and O–H groups in total. The van der Waals surface area contributed by atoms with Gasteiger partial charge in [-0.25, -0.2) is 8.42 Å². The molecular formula is C19H22BrNO4S. The first-order valence-electron chi connectivity index (χ1n) is 8.21. The lowest BCUT2D eigenvalue weighted by molar-refractivity contribution is -0.145. The standard InChI is InChI=1S/C19H22BrNO4S/c1-4-25-19(22)18(17(20)15-9-5-13(2)6-10-15)21-26(23,24)16-11-7-14(3)8-12-16/h5-12,17-18,21H,4H2,1-3H3. The Morgan fingerprint density at radius 1 is 1.04 bits per heavy atom. The number of aryl methyl sites for hydroxylation is 2. The highest BCUT2D eigenvalue weighted by Gasteiger charge is 2.33. The van der Waals surface area contributed by atoms with E-state index in [-0.39, 0.29) is 11.5 Å². The Morgan fingerprint density at radius 2 is 1.54 bits per heavy atom. The fourth-order valence-electron chi connectivity index (χ4n) is 2.35. The number of nitrogens with one attached hydrogen (secondary N) is 1. The molecule has 0 bridgehead atoms. The van der Waals surface area contributed by atoms with E-state index < -0.39 is 26.9 Å². The maximum absolute atomic E-state index is 12.7. The van der Waals surface area contributed by atoms with E-state index >= 15 is 0 Å². The van der Waals surface area contributed by atoms with E-state index in [4.69, 9.17) is 4.74 Å². The highest BCUT2D eigenvalue weighted by atomic mass is 79.9. The maximum atomic E-state index is 12.7. The molecule has 2 unspecified atom stereocenters. The number of hydrogen-bond acceptors (Lipinski definition) is 4. The lowest BCUT2D eigenvalue weighted by atomic mass is 10.1. The molecule has 0 saturated heterocycles. The van der Waals surface area contributed by atoms with Crippen LogP contribution in [0.25, 0.3) is 0 Å². The summed E-state index contributed by atoms with van der Waals surface area (Å²) >= 11 is 3.46. The normalized spacial score (nSPS) is 13.8. The van der Waals surface area contributed by atoms with Gasteiger partial charge in [-0.2, -0.15) is 4.72 Å². The van der Waals surface area contributed by atoms with Crippen LogP contribution in [0, 0.1) is 13.8 Å². The van der Waals surface area contributed by atoms with Crippen molar-refractivity contribution in [2.45, 2.75) is 36.5 Å². The molecule has 0 aliphatic rings. The van der Waals surface area contributed by atoms with Crippen LogP contribution >= 0.6 is 15.9 Å². The third-order valence-corrected chi connectivity index (χ3v) is 6.36. The molecule has 0 amide bonds. The average molecular weight is 440 g/mol. The molecule has 2 aromatic rings. The van der Waals surface area contributed by atoms with Crippen LogP contribution in [0.2, 0.25) is 0 Å². The molecule has 7 heteroatoms. The zero-order valence-corrected chi connectivity index (χ0v) is 17.3. The van der Waals surface area contributed by atoms with Crippen LogP contribution in [-0.4, -0.2) is 27.0 Å². The molecule has 0 saturated carbocycles. The number of esters is 1. The third kappa shape index (κ3) is 5.16. The number of ether oxygens (including phenoxy) is 1. The van der Waals surface area contributed by atoms with Crippen LogP contribution < -0.4 is 4.72 Å². The van der Waals surface area contributed by atoms with Crippen molar-refractivity contribution in [3.8, 4) is 0 Å². The lowest BCUT2D eigenvalue weighted by Crippen LogP contribution is -2.44. The van der Waals surface area contributed by atoms with Gasteiger partial charge >= 0.3 is 5.97 Å². The second-order valence-electron chi connectivity index (χ2n) is 5.98. The fourth-order valence-corrected chi connectivity index (χ4v) is 4.38. The molecule has 0 spiro atoms. The third-order valence-electron chi connectivity index (χ3n) is 3.84. The summed E-state index contributed by atoms with van der Waals surface area (Å²) in [5, 5.41) is 0. The molecule has 5 nitrogen and oxygen atoms in total. The van der Waals surface area contributed by atoms with Crippen molar-refractivity contribution in [3.63, 3.8) is 0 Å². The SMILES string of the molecule is CCOC(=O)C(NS(=O)(=O)c1ccc(C)cc1)C(Br)c1ccc(C)cc1. The van der Waals surface area contributed by atoms with Gasteiger partial charge < -0.3 is 4.74 Å². The molecule has 26 heavy (non-hydrogen) atoms. The summed E-state index contributed by atoms with van der Waals surface area (Å²) in [5.74, 6) is -0.634. The molecule has 2 atom stereocenters. The highest BCUT2D eigenvalue weighted by Crippen LogP contribution is 2.29. The van der Waals surface area contributed by atoms with Gasteiger partial charge in [-0.05, 0) is 38.5 Å². The number of benzene rings is 2. The zero-order valence-electron chi connectivity index (χ0n) is 14.9. The maximum Gasteiger partial charge on any atom is 0.325 e. The summed E-state index contributed by atoms with van der Waals surface area (Å²) in [6.45, 7) is 5.67. The molecule has 0 aliphatic carbocycles. The average Bonchev–Trinajstić information content (AvgIpc) is 2.60. The van der Waals surface area contributed by atoms with Gasteiger partial charge in [0.25, 0.3) is 0 Å². The van der Waals surface area contributed by atoms with Crippen LogP contribution in [0.4, 0.5) is 0 Å². The summed E-state index contributed by atoms with van der Waals surface area (Å²) in [6.07, 6.45) is 0. The summed E-state index contributed by atoms with van der Waals surface area (Å²) in [6, 6.07) is 12.8. The highest BCUT2D eigenvalue weighted by molar-refractivity contribution is 9.09. The minimum atomic E-state index is -3.88. The van der Waals surface area contributed by atoms with Gasteiger partial charge in [0.15, 0.2) is 0 Å². The number of rotatable bonds is 7. The first-order valence-corrected chi connectivity index (χ1v) is 10.6. The Bertz CT molecular complexity index is 848. The Hall–Kier alpha value is -1.70. The molecule has 0 aromatic heterocycles. The Kier molecular flexibility index (Phi) is 6.97. The predicted molar refractivity (Wildman–Crippen MR) is 105 cm³/mol. The number of carbonyl (C=O) groups is 1. The number of hydrogen-bond donors (Lipinski definition) is 1. The van der Waals surface area contributed by atoms with Crippen molar-refractivity contribution in [1.82, 2.24) is 4.72 Å². The summed E-state index contributed by atoms with van der Waals surface area (Å²) in [5.41, 5.74) is 2.80. The van der Waals surface area contributed by atoms with Crippen LogP contribution in [0.3, 0.4) is 0 Å². The molecule has 0 aliphatic heterocycles. The van der Waals surface area contributed by atoms with Crippen LogP contribution in [0.5, 0.6) is 0 Å². The summed E-state index contributed by atoms with van der Waals surface area (Å²) in [7, 11) is -3.88. The second-order valence-corrected chi connectivity index (χ2v) is 8.68. The Labute approximate surface area is 162 Å². The van der Waals surface area contributed by atoms with Gasteiger partial charge in [-0.15, -0.1) is 0 Å². The largest absolute Gasteiger partial charge is 0.465 e. The van der Waals surface area contributed by atoms with E-state index in [2.05, 4.69) is 20.7 Å². The Morgan fingerprint density at radius 3 is 2.04 bits per heavy atom. The predicted octanol–water partition coefficient (Wildman–Crippen LogP) is 3.65. The van der Waals surface area contributed by atoms with E-state index in [0.29, 0.717) is 0 Å². The van der Waals surface area contributed by atoms with E-state index in [1.807, 2.05) is 38.1 Å². The van der Waals surface area contributed by atoms with Gasteiger partial charge in [0.1, 0.15) is 6.04 Å². The van der Waals surface area contributed by atoms with Crippen molar-refractivity contribution in [3.05, 3.63) is 65.2 Å². The number of halogens is 1. The van der Waals surface area contributed by atoms with E-state index in [1.165, 1.54) is 12.1 Å². The summed E-state index contributed by atoms with van der Waals surface area (Å²) < 4.78 is 33.0. The number of alkyl halides is 1. The fraction of sp³-hybridized carbons (Fsp3) is 0.316. The lowest BCUT2D eigenvalue weighted by Gasteiger charge is -2.22. The summed E-state index contributed by atoms with van der Waals surface area (Å²) in [4.78, 5) is 11.9. The number of sulfonamides is 1. The quantitative estimate of drug-likeness (QED) is 0.527. The van der Waals surface area contributed by atoms with Gasteiger partial charge in [0.05, 0.1) is 16.3 Å². The van der Waals surface area contributed by atoms with Crippen molar-refractivity contribution in [1.29, 1.82) is 0 Å². The van der Waals surface area contributed by atoms with Crippen molar-refractivity contribution >= 4 is 31.9 Å². The first-order chi connectivity index (χ1) is 12.2. The van der Waals surface area contributed by atoms with Gasteiger partial charge in [0, 0.05) is 0 Å². The molecule has 0 fully saturated rings. The topological polar surface area (TPSA) is 72.5 Å². The van der Waals surface area contributed by atoms with Crippen LogP contribution in [0.15, 0.2) is 53.4 Å². The van der Waals surface area contributed by atoms with Gasteiger partial charge in [-0.3, -0.25) is 4.79 Å². The zero-order chi connectivity index (χ0) is 19.3. The molecule has 140 valence electrons. The smallest absolute Gasteiger partial charge is 0.325 e. The van der Waals surface area contributed by atoms with Gasteiger partial charge in [-0.1, -0.05) is 63.5 Å². The van der Waals surface area contributed by atoms with Crippen LogP contribution in [-0.2, 0) is 19.6 Å². The van der Waals surface area contributed by atoms with Crippen LogP contribution in [0.1, 0.15) is 28.4 Å².